The van der Waals surface area contributed by atoms with Gasteiger partial charge >= 0.3 is 5.97 Å². The van der Waals surface area contributed by atoms with E-state index in [0.717, 1.165) is 4.31 Å². The number of nitrogens with zero attached hydrogens (tertiary/aromatic N) is 1. The predicted molar refractivity (Wildman–Crippen MR) is 112 cm³/mol. The Hall–Kier alpha value is -3.39. The minimum Gasteiger partial charge on any atom is -0.452 e. The highest BCUT2D eigenvalue weighted by molar-refractivity contribution is 7.92. The lowest BCUT2D eigenvalue weighted by molar-refractivity contribution is -0.142. The van der Waals surface area contributed by atoms with Gasteiger partial charge in [-0.15, -0.1) is 0 Å². The van der Waals surface area contributed by atoms with Gasteiger partial charge in [-0.2, -0.15) is 0 Å². The van der Waals surface area contributed by atoms with Gasteiger partial charge in [-0.25, -0.2) is 13.2 Å². The molecular formula is C21H22N2O5S. The third kappa shape index (κ3) is 6.32. The van der Waals surface area contributed by atoms with Crippen LogP contribution in [0.5, 0.6) is 0 Å². The molecule has 0 atom stereocenters. The van der Waals surface area contributed by atoms with E-state index in [9.17, 15) is 18.0 Å². The Morgan fingerprint density at radius 1 is 1.07 bits per heavy atom. The summed E-state index contributed by atoms with van der Waals surface area (Å²) < 4.78 is 31.7. The molecule has 0 saturated heterocycles. The molecule has 0 bridgehead atoms. The molecule has 0 unspecified atom stereocenters. The van der Waals surface area contributed by atoms with E-state index >= 15 is 0 Å². The monoisotopic (exact) mass is 414 g/mol. The highest BCUT2D eigenvalue weighted by Gasteiger charge is 2.21. The van der Waals surface area contributed by atoms with E-state index in [2.05, 4.69) is 5.32 Å². The van der Waals surface area contributed by atoms with E-state index in [1.807, 2.05) is 0 Å². The molecule has 0 radical (unpaired) electrons. The van der Waals surface area contributed by atoms with Crippen molar-refractivity contribution in [3.05, 3.63) is 78.9 Å². The number of benzene rings is 2. The summed E-state index contributed by atoms with van der Waals surface area (Å²) >= 11 is 0. The van der Waals surface area contributed by atoms with Crippen molar-refractivity contribution in [1.29, 1.82) is 0 Å². The average Bonchev–Trinajstić information content (AvgIpc) is 2.72. The Labute approximate surface area is 170 Å². The van der Waals surface area contributed by atoms with Gasteiger partial charge in [0.15, 0.2) is 6.61 Å². The Morgan fingerprint density at radius 3 is 2.48 bits per heavy atom. The molecule has 29 heavy (non-hydrogen) atoms. The molecular weight excluding hydrogens is 392 g/mol. The van der Waals surface area contributed by atoms with Crippen LogP contribution >= 0.6 is 0 Å². The average molecular weight is 414 g/mol. The second kappa shape index (κ2) is 10.2. The van der Waals surface area contributed by atoms with Gasteiger partial charge in [-0.05, 0) is 37.3 Å². The van der Waals surface area contributed by atoms with Crippen molar-refractivity contribution in [3.63, 3.8) is 0 Å². The van der Waals surface area contributed by atoms with E-state index in [0.29, 0.717) is 5.69 Å². The number of carbonyl (C=O) groups excluding carboxylic acids is 2. The first-order valence-electron chi connectivity index (χ1n) is 8.74. The van der Waals surface area contributed by atoms with Crippen LogP contribution in [0.1, 0.15) is 6.92 Å². The van der Waals surface area contributed by atoms with E-state index < -0.39 is 28.5 Å². The van der Waals surface area contributed by atoms with Gasteiger partial charge in [0.1, 0.15) is 0 Å². The predicted octanol–water partition coefficient (Wildman–Crippen LogP) is 3.13. The summed E-state index contributed by atoms with van der Waals surface area (Å²) in [6.07, 6.45) is 6.09. The Balaban J connectivity index is 2.05. The first-order valence-corrected chi connectivity index (χ1v) is 10.2. The third-order valence-corrected chi connectivity index (χ3v) is 5.56. The van der Waals surface area contributed by atoms with Crippen molar-refractivity contribution in [2.24, 2.45) is 0 Å². The zero-order chi connectivity index (χ0) is 21.3. The van der Waals surface area contributed by atoms with Crippen molar-refractivity contribution in [2.75, 3.05) is 23.3 Å². The SMILES string of the molecule is C/C=C/C=C/C(=O)OCC(=O)Nc1cccc(S(=O)(=O)N(C)c2ccccc2)c1. The zero-order valence-electron chi connectivity index (χ0n) is 16.1. The van der Waals surface area contributed by atoms with Crippen LogP contribution in [0, 0.1) is 0 Å². The van der Waals surface area contributed by atoms with E-state index in [-0.39, 0.29) is 10.6 Å². The zero-order valence-corrected chi connectivity index (χ0v) is 16.9. The largest absolute Gasteiger partial charge is 0.452 e. The third-order valence-electron chi connectivity index (χ3n) is 3.78. The second-order valence-electron chi connectivity index (χ2n) is 5.88. The number of ether oxygens (including phenoxy) is 1. The number of carbonyl (C=O) groups is 2. The molecule has 0 aromatic heterocycles. The Bertz CT molecular complexity index is 1010. The molecule has 8 heteroatoms. The molecule has 2 rings (SSSR count). The molecule has 1 N–H and O–H groups in total. The summed E-state index contributed by atoms with van der Waals surface area (Å²) in [6, 6.07) is 14.5. The quantitative estimate of drug-likeness (QED) is 0.407. The summed E-state index contributed by atoms with van der Waals surface area (Å²) in [4.78, 5) is 23.5. The number of sulfonamides is 1. The highest BCUT2D eigenvalue weighted by Crippen LogP contribution is 2.23. The maximum absolute atomic E-state index is 12.8. The fourth-order valence-corrected chi connectivity index (χ4v) is 3.54. The van der Waals surface area contributed by atoms with Crippen LogP contribution < -0.4 is 9.62 Å². The summed E-state index contributed by atoms with van der Waals surface area (Å²) in [6.45, 7) is 1.31. The smallest absolute Gasteiger partial charge is 0.331 e. The second-order valence-corrected chi connectivity index (χ2v) is 7.85. The van der Waals surface area contributed by atoms with Gasteiger partial charge in [0, 0.05) is 18.8 Å². The molecule has 0 saturated carbocycles. The maximum Gasteiger partial charge on any atom is 0.331 e. The number of hydrogen-bond donors (Lipinski definition) is 1. The van der Waals surface area contributed by atoms with Crippen molar-refractivity contribution in [2.45, 2.75) is 11.8 Å². The van der Waals surface area contributed by atoms with Gasteiger partial charge in [-0.3, -0.25) is 9.10 Å². The maximum atomic E-state index is 12.8. The fourth-order valence-electron chi connectivity index (χ4n) is 2.30. The lowest BCUT2D eigenvalue weighted by Crippen LogP contribution is -2.26. The fraction of sp³-hybridized carbons (Fsp3) is 0.143. The lowest BCUT2D eigenvalue weighted by atomic mass is 10.3. The number of para-hydroxylation sites is 1. The van der Waals surface area contributed by atoms with Crippen LogP contribution in [0.2, 0.25) is 0 Å². The van der Waals surface area contributed by atoms with E-state index in [1.165, 1.54) is 37.4 Å². The molecule has 0 fully saturated rings. The van der Waals surface area contributed by atoms with Crippen LogP contribution in [0.25, 0.3) is 0 Å². The van der Waals surface area contributed by atoms with Gasteiger partial charge in [0.2, 0.25) is 0 Å². The van der Waals surface area contributed by atoms with Crippen molar-refractivity contribution in [1.82, 2.24) is 0 Å². The molecule has 2 aromatic rings. The van der Waals surface area contributed by atoms with Gasteiger partial charge in [-0.1, -0.05) is 42.5 Å². The molecule has 0 aliphatic heterocycles. The number of amides is 1. The number of rotatable bonds is 8. The minimum absolute atomic E-state index is 0.0212. The summed E-state index contributed by atoms with van der Waals surface area (Å²) in [5.41, 5.74) is 0.790. The molecule has 0 spiro atoms. The number of nitrogens with one attached hydrogen (secondary N) is 1. The Kier molecular flexibility index (Phi) is 7.73. The first-order chi connectivity index (χ1) is 13.8. The molecule has 0 aliphatic rings. The summed E-state index contributed by atoms with van der Waals surface area (Å²) in [5.74, 6) is -1.23. The van der Waals surface area contributed by atoms with Gasteiger partial charge in [0.05, 0.1) is 10.6 Å². The van der Waals surface area contributed by atoms with Crippen LogP contribution in [-0.2, 0) is 24.3 Å². The van der Waals surface area contributed by atoms with Gasteiger partial charge < -0.3 is 10.1 Å². The summed E-state index contributed by atoms with van der Waals surface area (Å²) in [7, 11) is -2.35. The molecule has 7 nitrogen and oxygen atoms in total. The highest BCUT2D eigenvalue weighted by atomic mass is 32.2. The number of anilines is 2. The number of hydrogen-bond acceptors (Lipinski definition) is 5. The lowest BCUT2D eigenvalue weighted by Gasteiger charge is -2.19. The van der Waals surface area contributed by atoms with Crippen LogP contribution in [0.4, 0.5) is 11.4 Å². The number of allylic oxidation sites excluding steroid dienone is 3. The standard InChI is InChI=1S/C21H22N2O5S/c1-3-4-6-14-21(25)28-16-20(24)22-17-10-9-13-19(15-17)29(26,27)23(2)18-11-7-5-8-12-18/h3-15H,16H2,1-2H3,(H,22,24)/b4-3+,14-6+. The molecule has 2 aromatic carbocycles. The Morgan fingerprint density at radius 2 is 1.79 bits per heavy atom. The summed E-state index contributed by atoms with van der Waals surface area (Å²) in [5, 5.41) is 2.52. The normalized spacial score (nSPS) is 11.5. The van der Waals surface area contributed by atoms with Crippen molar-refractivity contribution in [3.8, 4) is 0 Å². The molecule has 0 aliphatic carbocycles. The van der Waals surface area contributed by atoms with Crippen molar-refractivity contribution >= 4 is 33.3 Å². The van der Waals surface area contributed by atoms with E-state index in [1.54, 1.807) is 55.5 Å². The minimum atomic E-state index is -3.81. The topological polar surface area (TPSA) is 92.8 Å². The van der Waals surface area contributed by atoms with Crippen LogP contribution in [0.3, 0.4) is 0 Å². The van der Waals surface area contributed by atoms with Crippen LogP contribution in [-0.4, -0.2) is 33.9 Å². The molecule has 152 valence electrons. The molecule has 1 amide bonds. The number of esters is 1. The van der Waals surface area contributed by atoms with Crippen molar-refractivity contribution < 1.29 is 22.7 Å². The molecule has 0 heterocycles. The van der Waals surface area contributed by atoms with E-state index in [4.69, 9.17) is 4.74 Å². The van der Waals surface area contributed by atoms with Crippen LogP contribution in [0.15, 0.2) is 83.8 Å². The first kappa shape index (κ1) is 21.9. The van der Waals surface area contributed by atoms with Gasteiger partial charge in [0.25, 0.3) is 15.9 Å².